The highest BCUT2D eigenvalue weighted by atomic mass is 35.5. The second-order valence-corrected chi connectivity index (χ2v) is 7.58. The Hall–Kier alpha value is -3.16. The number of fused-ring (bicyclic) bond motifs is 2. The van der Waals surface area contributed by atoms with Gasteiger partial charge >= 0.3 is 0 Å². The molecule has 6 nitrogen and oxygen atoms in total. The van der Waals surface area contributed by atoms with Gasteiger partial charge in [0.1, 0.15) is 5.82 Å². The van der Waals surface area contributed by atoms with E-state index < -0.39 is 0 Å². The number of nitrogens with one attached hydrogen (secondary N) is 1. The van der Waals surface area contributed by atoms with E-state index in [1.54, 1.807) is 4.68 Å². The normalized spacial score (nSPS) is 14.8. The van der Waals surface area contributed by atoms with Crippen molar-refractivity contribution in [2.24, 2.45) is 0 Å². The number of H-pyrrole nitrogens is 1. The number of nitrogen functional groups attached to an aromatic ring is 1. The first kappa shape index (κ1) is 17.9. The van der Waals surface area contributed by atoms with Gasteiger partial charge in [0, 0.05) is 5.02 Å². The number of aryl methyl sites for hydroxylation is 1. The maximum Gasteiger partial charge on any atom is 0.231 e. The summed E-state index contributed by atoms with van der Waals surface area (Å²) in [7, 11) is 0. The second-order valence-electron chi connectivity index (χ2n) is 6.78. The van der Waals surface area contributed by atoms with Crippen LogP contribution in [0.4, 0.5) is 5.82 Å². The number of nitrogens with zero attached hydrogens (tertiary/aromatic N) is 3. The molecule has 2 aromatic heterocycles. The summed E-state index contributed by atoms with van der Waals surface area (Å²) in [5, 5.41) is 5.38. The monoisotopic (exact) mass is 421 g/mol. The molecule has 3 N–H and O–H groups in total. The number of hydrogen-bond acceptors (Lipinski definition) is 5. The maximum atomic E-state index is 6.59. The Morgan fingerprint density at radius 2 is 1.83 bits per heavy atom. The van der Waals surface area contributed by atoms with Crippen molar-refractivity contribution in [3.8, 4) is 17.4 Å². The third-order valence-corrected chi connectivity index (χ3v) is 5.55. The quantitative estimate of drug-likeness (QED) is 0.385. The van der Waals surface area contributed by atoms with Crippen molar-refractivity contribution in [2.45, 2.75) is 12.8 Å². The molecular formula is C21H16ClN5OS. The number of aromatic amines is 1. The van der Waals surface area contributed by atoms with Gasteiger partial charge in [-0.1, -0.05) is 48.0 Å². The Labute approximate surface area is 176 Å². The lowest BCUT2D eigenvalue weighted by Gasteiger charge is -2.27. The third-order valence-electron chi connectivity index (χ3n) is 5.02. The zero-order chi connectivity index (χ0) is 20.1. The molecule has 3 heterocycles. The molecule has 0 aliphatic carbocycles. The van der Waals surface area contributed by atoms with Crippen LogP contribution in [0.15, 0.2) is 54.6 Å². The number of rotatable bonds is 2. The molecule has 29 heavy (non-hydrogen) atoms. The van der Waals surface area contributed by atoms with Crippen molar-refractivity contribution >= 4 is 29.6 Å². The highest BCUT2D eigenvalue weighted by Gasteiger charge is 2.38. The third kappa shape index (κ3) is 2.82. The average molecular weight is 422 g/mol. The lowest BCUT2D eigenvalue weighted by molar-refractivity contribution is 0.402. The van der Waals surface area contributed by atoms with Crippen LogP contribution in [-0.2, 0) is 0 Å². The van der Waals surface area contributed by atoms with Gasteiger partial charge in [-0.2, -0.15) is 10.1 Å². The molecule has 1 aliphatic heterocycles. The van der Waals surface area contributed by atoms with E-state index in [-0.39, 0.29) is 10.7 Å². The van der Waals surface area contributed by atoms with E-state index in [2.05, 4.69) is 9.97 Å². The van der Waals surface area contributed by atoms with Gasteiger partial charge in [-0.3, -0.25) is 0 Å². The van der Waals surface area contributed by atoms with E-state index in [0.29, 0.717) is 28.2 Å². The van der Waals surface area contributed by atoms with Crippen LogP contribution in [0.25, 0.3) is 5.69 Å². The first-order chi connectivity index (χ1) is 14.0. The minimum absolute atomic E-state index is 0.255. The van der Waals surface area contributed by atoms with Crippen LogP contribution in [0.2, 0.25) is 5.02 Å². The van der Waals surface area contributed by atoms with Crippen molar-refractivity contribution in [1.29, 1.82) is 0 Å². The molecule has 0 radical (unpaired) electrons. The van der Waals surface area contributed by atoms with Gasteiger partial charge in [-0.25, -0.2) is 4.68 Å². The van der Waals surface area contributed by atoms with E-state index in [0.717, 1.165) is 22.5 Å². The molecule has 4 aromatic rings. The number of benzene rings is 2. The fourth-order valence-corrected chi connectivity index (χ4v) is 4.22. The topological polar surface area (TPSA) is 81.8 Å². The summed E-state index contributed by atoms with van der Waals surface area (Å²) in [5.74, 6) is 1.06. The molecular weight excluding hydrogens is 406 g/mol. The van der Waals surface area contributed by atoms with Crippen molar-refractivity contribution in [2.75, 3.05) is 5.73 Å². The largest absolute Gasteiger partial charge is 0.420 e. The number of nitrogens with two attached hydrogens (primary N) is 1. The van der Waals surface area contributed by atoms with Gasteiger partial charge < -0.3 is 15.5 Å². The summed E-state index contributed by atoms with van der Waals surface area (Å²) < 4.78 is 8.24. The predicted octanol–water partition coefficient (Wildman–Crippen LogP) is 5.15. The van der Waals surface area contributed by atoms with Crippen molar-refractivity contribution in [3.63, 3.8) is 0 Å². The molecule has 1 aliphatic rings. The maximum absolute atomic E-state index is 6.59. The highest BCUT2D eigenvalue weighted by molar-refractivity contribution is 7.71. The Kier molecular flexibility index (Phi) is 4.15. The molecule has 1 unspecified atom stereocenters. The summed E-state index contributed by atoms with van der Waals surface area (Å²) >= 11 is 11.8. The number of para-hydroxylation sites is 1. The zero-order valence-corrected chi connectivity index (χ0v) is 17.0. The number of aromatic nitrogens is 4. The van der Waals surface area contributed by atoms with Crippen molar-refractivity contribution in [3.05, 3.63) is 86.8 Å². The smallest absolute Gasteiger partial charge is 0.231 e. The van der Waals surface area contributed by atoms with Crippen molar-refractivity contribution in [1.82, 2.24) is 19.7 Å². The molecule has 8 heteroatoms. The lowest BCUT2D eigenvalue weighted by Crippen LogP contribution is -2.17. The minimum Gasteiger partial charge on any atom is -0.420 e. The Morgan fingerprint density at radius 3 is 2.59 bits per heavy atom. The SMILES string of the molecule is Cc1nn(-c2ccccc2)c2c1C(c1ccccc1Cl)c1c(nc(=S)[nH]c1N)O2. The van der Waals surface area contributed by atoms with Gasteiger partial charge in [-0.05, 0) is 42.9 Å². The van der Waals surface area contributed by atoms with Gasteiger partial charge in [0.15, 0.2) is 0 Å². The molecule has 0 spiro atoms. The Bertz CT molecular complexity index is 1300. The standard InChI is InChI=1S/C21H16ClN5OS/c1-11-15-16(13-9-5-6-10-14(13)22)17-18(23)24-21(29)25-19(17)28-20(15)27(26-11)12-7-3-2-4-8-12/h2-10,16H,1H3,(H3,23,24,25,29). The van der Waals surface area contributed by atoms with Gasteiger partial charge in [0.25, 0.3) is 0 Å². The number of ether oxygens (including phenoxy) is 1. The van der Waals surface area contributed by atoms with Crippen molar-refractivity contribution < 1.29 is 4.74 Å². The molecule has 1 atom stereocenters. The summed E-state index contributed by atoms with van der Waals surface area (Å²) in [6.07, 6.45) is 0. The highest BCUT2D eigenvalue weighted by Crippen LogP contribution is 2.51. The van der Waals surface area contributed by atoms with Crippen LogP contribution >= 0.6 is 23.8 Å². The molecule has 2 aromatic carbocycles. The number of hydrogen-bond donors (Lipinski definition) is 2. The van der Waals surface area contributed by atoms with E-state index in [9.17, 15) is 0 Å². The number of anilines is 1. The average Bonchev–Trinajstić information content (AvgIpc) is 3.04. The van der Waals surface area contributed by atoms with Crippen LogP contribution in [0, 0.1) is 11.7 Å². The molecule has 0 bridgehead atoms. The van der Waals surface area contributed by atoms with E-state index in [1.165, 1.54) is 0 Å². The van der Waals surface area contributed by atoms with E-state index >= 15 is 0 Å². The molecule has 0 fully saturated rings. The molecule has 0 saturated heterocycles. The molecule has 144 valence electrons. The van der Waals surface area contributed by atoms with Gasteiger partial charge in [0.2, 0.25) is 16.5 Å². The summed E-state index contributed by atoms with van der Waals surface area (Å²) in [4.78, 5) is 7.33. The van der Waals surface area contributed by atoms with Gasteiger partial charge in [0.05, 0.1) is 28.4 Å². The molecule has 0 amide bonds. The Morgan fingerprint density at radius 1 is 1.10 bits per heavy atom. The molecule has 5 rings (SSSR count). The first-order valence-corrected chi connectivity index (χ1v) is 9.80. The number of halogens is 1. The summed E-state index contributed by atoms with van der Waals surface area (Å²) in [5.41, 5.74) is 10.5. The zero-order valence-electron chi connectivity index (χ0n) is 15.4. The van der Waals surface area contributed by atoms with Crippen LogP contribution in [0.3, 0.4) is 0 Å². The summed E-state index contributed by atoms with van der Waals surface area (Å²) in [6, 6.07) is 17.5. The van der Waals surface area contributed by atoms with Crippen LogP contribution < -0.4 is 10.5 Å². The fraction of sp³-hybridized carbons (Fsp3) is 0.0952. The van der Waals surface area contributed by atoms with E-state index in [1.807, 2.05) is 61.5 Å². The fourth-order valence-electron chi connectivity index (χ4n) is 3.78. The van der Waals surface area contributed by atoms with Crippen LogP contribution in [-0.4, -0.2) is 19.7 Å². The summed E-state index contributed by atoms with van der Waals surface area (Å²) in [6.45, 7) is 1.95. The first-order valence-electron chi connectivity index (χ1n) is 9.01. The van der Waals surface area contributed by atoms with Gasteiger partial charge in [-0.15, -0.1) is 0 Å². The van der Waals surface area contributed by atoms with Crippen LogP contribution in [0.1, 0.15) is 28.3 Å². The molecule has 0 saturated carbocycles. The van der Waals surface area contributed by atoms with Crippen LogP contribution in [0.5, 0.6) is 11.8 Å². The van der Waals surface area contributed by atoms with E-state index in [4.69, 9.17) is 39.4 Å². The lowest BCUT2D eigenvalue weighted by atomic mass is 9.84. The second kappa shape index (κ2) is 6.72. The Balaban J connectivity index is 1.84. The predicted molar refractivity (Wildman–Crippen MR) is 115 cm³/mol. The minimum atomic E-state index is -0.292.